The molecular formula is C4H3ClN2O2S. The highest BCUT2D eigenvalue weighted by molar-refractivity contribution is 7.73. The van der Waals surface area contributed by atoms with Gasteiger partial charge in [0.1, 0.15) is 4.86 Å². The van der Waals surface area contributed by atoms with Gasteiger partial charge in [-0.25, -0.2) is 0 Å². The van der Waals surface area contributed by atoms with Crippen molar-refractivity contribution in [2.24, 2.45) is 10.2 Å². The standard InChI is InChI=1S/C4H3ClN2O2S/c5-4-3(10(8)9)1-2-6-7-4/h1-2,4H. The number of alkyl halides is 1. The fourth-order valence-electron chi connectivity index (χ4n) is 0.475. The Morgan fingerprint density at radius 2 is 2.30 bits per heavy atom. The van der Waals surface area contributed by atoms with Gasteiger partial charge in [0.15, 0.2) is 5.50 Å². The number of hydrogen-bond donors (Lipinski definition) is 0. The Kier molecular flexibility index (Phi) is 2.18. The van der Waals surface area contributed by atoms with Crippen LogP contribution in [0.4, 0.5) is 0 Å². The van der Waals surface area contributed by atoms with E-state index in [0.29, 0.717) is 0 Å². The fraction of sp³-hybridized carbons (Fsp3) is 0.250. The number of halogens is 1. The molecule has 1 heterocycles. The predicted octanol–water partition coefficient (Wildman–Crippen LogP) is 0.582. The van der Waals surface area contributed by atoms with E-state index in [1.165, 1.54) is 12.3 Å². The summed E-state index contributed by atoms with van der Waals surface area (Å²) >= 11 is 5.44. The van der Waals surface area contributed by atoms with Crippen molar-refractivity contribution in [1.82, 2.24) is 0 Å². The number of hydrogen-bond acceptors (Lipinski definition) is 4. The number of rotatable bonds is 0. The molecule has 0 bridgehead atoms. The second-order valence-corrected chi connectivity index (χ2v) is 2.87. The Bertz CT molecular complexity index is 308. The Balaban J connectivity index is 3.15. The minimum absolute atomic E-state index is 0.0525. The summed E-state index contributed by atoms with van der Waals surface area (Å²) in [5.74, 6) is 0. The molecule has 0 aliphatic carbocycles. The van der Waals surface area contributed by atoms with Crippen LogP contribution in [0.2, 0.25) is 0 Å². The normalized spacial score (nSPS) is 23.3. The fourth-order valence-corrected chi connectivity index (χ4v) is 1.19. The molecule has 1 aliphatic heterocycles. The van der Waals surface area contributed by atoms with E-state index in [0.717, 1.165) is 0 Å². The molecule has 1 rings (SSSR count). The number of nitrogens with zero attached hydrogens (tertiary/aromatic N) is 2. The third-order valence-electron chi connectivity index (χ3n) is 0.901. The molecule has 1 unspecified atom stereocenters. The monoisotopic (exact) mass is 178 g/mol. The molecule has 0 aromatic heterocycles. The molecule has 0 saturated heterocycles. The molecule has 1 aliphatic rings. The molecule has 0 amide bonds. The number of azo groups is 1. The van der Waals surface area contributed by atoms with E-state index in [4.69, 9.17) is 11.6 Å². The molecule has 0 aromatic rings. The maximum absolute atomic E-state index is 10.3. The van der Waals surface area contributed by atoms with E-state index in [1.54, 1.807) is 0 Å². The van der Waals surface area contributed by atoms with Crippen LogP contribution in [0.3, 0.4) is 0 Å². The van der Waals surface area contributed by atoms with Crippen molar-refractivity contribution >= 4 is 26.8 Å². The molecule has 0 aromatic carbocycles. The molecule has 0 N–H and O–H groups in total. The van der Waals surface area contributed by atoms with Crippen LogP contribution in [0.15, 0.2) is 22.5 Å². The molecule has 0 spiro atoms. The lowest BCUT2D eigenvalue weighted by Crippen LogP contribution is -2.11. The van der Waals surface area contributed by atoms with Crippen molar-refractivity contribution in [3.8, 4) is 0 Å². The smallest absolute Gasteiger partial charge is 0.184 e. The lowest BCUT2D eigenvalue weighted by Gasteiger charge is -2.00. The lowest BCUT2D eigenvalue weighted by atomic mass is 10.4. The topological polar surface area (TPSA) is 58.9 Å². The van der Waals surface area contributed by atoms with Crippen LogP contribution in [0.25, 0.3) is 0 Å². The summed E-state index contributed by atoms with van der Waals surface area (Å²) in [6, 6.07) is 0. The molecule has 10 heavy (non-hydrogen) atoms. The maximum Gasteiger partial charge on any atom is 0.220 e. The van der Waals surface area contributed by atoms with Crippen molar-refractivity contribution in [2.75, 3.05) is 0 Å². The zero-order chi connectivity index (χ0) is 7.56. The van der Waals surface area contributed by atoms with Crippen LogP contribution in [-0.4, -0.2) is 18.8 Å². The summed E-state index contributed by atoms with van der Waals surface area (Å²) < 4.78 is 20.6. The lowest BCUT2D eigenvalue weighted by molar-refractivity contribution is 0.626. The second-order valence-electron chi connectivity index (χ2n) is 1.52. The summed E-state index contributed by atoms with van der Waals surface area (Å²) in [5.41, 5.74) is -0.858. The van der Waals surface area contributed by atoms with Gasteiger partial charge in [0, 0.05) is 0 Å². The van der Waals surface area contributed by atoms with Crippen LogP contribution in [0, 0.1) is 0 Å². The van der Waals surface area contributed by atoms with Crippen molar-refractivity contribution < 1.29 is 8.42 Å². The van der Waals surface area contributed by atoms with Crippen LogP contribution in [0.5, 0.6) is 0 Å². The summed E-state index contributed by atoms with van der Waals surface area (Å²) in [7, 11) is -2.29. The van der Waals surface area contributed by atoms with Gasteiger partial charge in [-0.05, 0) is 6.08 Å². The minimum atomic E-state index is -2.29. The summed E-state index contributed by atoms with van der Waals surface area (Å²) in [4.78, 5) is 0.0525. The van der Waals surface area contributed by atoms with E-state index < -0.39 is 15.8 Å². The third kappa shape index (κ3) is 1.43. The van der Waals surface area contributed by atoms with Gasteiger partial charge in [0.05, 0.1) is 6.20 Å². The van der Waals surface area contributed by atoms with Gasteiger partial charge >= 0.3 is 0 Å². The first-order valence-corrected chi connectivity index (χ1v) is 3.89. The van der Waals surface area contributed by atoms with Crippen molar-refractivity contribution in [3.63, 3.8) is 0 Å². The van der Waals surface area contributed by atoms with Crippen LogP contribution < -0.4 is 0 Å². The average Bonchev–Trinajstić information content (AvgIpc) is 1.88. The van der Waals surface area contributed by atoms with Gasteiger partial charge in [-0.15, -0.1) is 0 Å². The van der Waals surface area contributed by atoms with Gasteiger partial charge < -0.3 is 0 Å². The Morgan fingerprint density at radius 1 is 1.60 bits per heavy atom. The third-order valence-corrected chi connectivity index (χ3v) is 2.10. The maximum atomic E-state index is 10.3. The Hall–Kier alpha value is -0.680. The highest BCUT2D eigenvalue weighted by Gasteiger charge is 2.12. The van der Waals surface area contributed by atoms with Crippen molar-refractivity contribution in [2.45, 2.75) is 5.50 Å². The first kappa shape index (κ1) is 7.43. The highest BCUT2D eigenvalue weighted by atomic mass is 35.5. The molecule has 54 valence electrons. The predicted molar refractivity (Wildman–Crippen MR) is 37.6 cm³/mol. The minimum Gasteiger partial charge on any atom is -0.184 e. The summed E-state index contributed by atoms with van der Waals surface area (Å²) in [5, 5.41) is 6.82. The first-order valence-electron chi connectivity index (χ1n) is 2.38. The van der Waals surface area contributed by atoms with Crippen molar-refractivity contribution in [1.29, 1.82) is 0 Å². The van der Waals surface area contributed by atoms with Crippen LogP contribution in [-0.2, 0) is 10.3 Å². The summed E-state index contributed by atoms with van der Waals surface area (Å²) in [6.07, 6.45) is 2.60. The second kappa shape index (κ2) is 2.94. The molecule has 4 nitrogen and oxygen atoms in total. The molecule has 0 radical (unpaired) electrons. The largest absolute Gasteiger partial charge is 0.220 e. The zero-order valence-electron chi connectivity index (χ0n) is 4.73. The molecule has 0 saturated carbocycles. The molecule has 0 fully saturated rings. The Labute approximate surface area is 63.7 Å². The Morgan fingerprint density at radius 3 is 2.70 bits per heavy atom. The van der Waals surface area contributed by atoms with Crippen LogP contribution >= 0.6 is 11.6 Å². The van der Waals surface area contributed by atoms with Gasteiger partial charge in [-0.3, -0.25) is 0 Å². The van der Waals surface area contributed by atoms with E-state index in [2.05, 4.69) is 10.2 Å². The quantitative estimate of drug-likeness (QED) is 0.310. The SMILES string of the molecule is O=S(=O)=C1C=CN=NC1Cl. The van der Waals surface area contributed by atoms with Gasteiger partial charge in [0.2, 0.25) is 10.3 Å². The average molecular weight is 179 g/mol. The van der Waals surface area contributed by atoms with E-state index in [-0.39, 0.29) is 4.86 Å². The van der Waals surface area contributed by atoms with Gasteiger partial charge in [0.25, 0.3) is 0 Å². The highest BCUT2D eigenvalue weighted by Crippen LogP contribution is 2.06. The summed E-state index contributed by atoms with van der Waals surface area (Å²) in [6.45, 7) is 0. The van der Waals surface area contributed by atoms with E-state index >= 15 is 0 Å². The van der Waals surface area contributed by atoms with Crippen molar-refractivity contribution in [3.05, 3.63) is 12.3 Å². The van der Waals surface area contributed by atoms with E-state index in [1.807, 2.05) is 0 Å². The molecule has 6 heteroatoms. The zero-order valence-corrected chi connectivity index (χ0v) is 6.30. The first-order chi connectivity index (χ1) is 4.72. The van der Waals surface area contributed by atoms with E-state index in [9.17, 15) is 8.42 Å². The van der Waals surface area contributed by atoms with Crippen LogP contribution in [0.1, 0.15) is 0 Å². The molecular weight excluding hydrogens is 176 g/mol. The molecule has 1 atom stereocenters. The van der Waals surface area contributed by atoms with Gasteiger partial charge in [-0.2, -0.15) is 18.6 Å². The van der Waals surface area contributed by atoms with Gasteiger partial charge in [-0.1, -0.05) is 11.6 Å².